The molecule has 1 N–H and O–H groups in total. The van der Waals surface area contributed by atoms with Crippen LogP contribution in [0.4, 0.5) is 4.79 Å². The van der Waals surface area contributed by atoms with E-state index in [2.05, 4.69) is 39.3 Å². The van der Waals surface area contributed by atoms with Crippen molar-refractivity contribution in [3.63, 3.8) is 0 Å². The number of methoxy groups -OCH3 is 1. The van der Waals surface area contributed by atoms with Gasteiger partial charge in [-0.3, -0.25) is 4.90 Å². The number of carbonyl (C=O) groups excluding carboxylic acids is 1. The zero-order valence-electron chi connectivity index (χ0n) is 24.3. The first-order valence-corrected chi connectivity index (χ1v) is 13.2. The summed E-state index contributed by atoms with van der Waals surface area (Å²) in [6.07, 6.45) is 5.60. The van der Waals surface area contributed by atoms with Crippen molar-refractivity contribution in [1.29, 1.82) is 0 Å². The van der Waals surface area contributed by atoms with Gasteiger partial charge in [0.2, 0.25) is 0 Å². The van der Waals surface area contributed by atoms with Gasteiger partial charge in [-0.15, -0.1) is 0 Å². The molecule has 0 bridgehead atoms. The number of hydrogen-bond acceptors (Lipinski definition) is 7. The summed E-state index contributed by atoms with van der Waals surface area (Å²) in [7, 11) is -2.40. The highest BCUT2D eigenvalue weighted by atomic mass is 16.6. The zero-order valence-corrected chi connectivity index (χ0v) is 21.3. The molecule has 1 aromatic carbocycles. The second-order valence-electron chi connectivity index (χ2n) is 10.2. The Balaban J connectivity index is 1.43. The molecule has 9 heteroatoms. The highest BCUT2D eigenvalue weighted by Gasteiger charge is 2.38. The number of rotatable bonds is 5. The normalized spacial score (nSPS) is 26.4. The lowest BCUT2D eigenvalue weighted by Crippen LogP contribution is -2.43. The molecule has 0 unspecified atom stereocenters. The largest absolute Gasteiger partial charge is 0.449 e. The standard InChI is InChI=1S/C28H35N5O4/c1-17-26(18(2)37-31-17)19-4-9-24-23(16-19)30-27(32(24)20-5-7-22(35-3)8-6-20)25-12-15-36-28(34)33(25)21-10-13-29-14-11-21/h4,9-10,16,20,22,25,29H,5-8,11-15H2,1-3H3/t20?,22?,25-/m0/s1/i3D3. The van der Waals surface area contributed by atoms with Crippen LogP contribution in [0.2, 0.25) is 0 Å². The minimum absolute atomic E-state index is 0.100. The van der Waals surface area contributed by atoms with Gasteiger partial charge in [-0.1, -0.05) is 17.3 Å². The Morgan fingerprint density at radius 2 is 2.05 bits per heavy atom. The molecule has 4 heterocycles. The van der Waals surface area contributed by atoms with Crippen LogP contribution in [0.5, 0.6) is 0 Å². The SMILES string of the molecule is [2H]C([2H])([2H])OC1CCC(n2c([C@@H]3CCOC(=O)N3C3=CCNCC3)nc3cc(-c4c(C)noc4C)ccc32)CC1. The molecule has 1 saturated carbocycles. The Morgan fingerprint density at radius 3 is 2.78 bits per heavy atom. The lowest BCUT2D eigenvalue weighted by molar-refractivity contribution is 0.0485. The molecule has 1 atom stereocenters. The number of imidazole rings is 1. The summed E-state index contributed by atoms with van der Waals surface area (Å²) in [6, 6.07) is 6.07. The fraction of sp³-hybridized carbons (Fsp3) is 0.536. The third kappa shape index (κ3) is 4.34. The number of nitrogens with zero attached hydrogens (tertiary/aromatic N) is 4. The molecule has 2 aromatic heterocycles. The van der Waals surface area contributed by atoms with E-state index in [1.54, 1.807) is 4.90 Å². The highest BCUT2D eigenvalue weighted by molar-refractivity contribution is 5.84. The molecule has 3 aliphatic rings. The van der Waals surface area contributed by atoms with Gasteiger partial charge in [0.1, 0.15) is 17.6 Å². The maximum atomic E-state index is 13.2. The molecule has 37 heavy (non-hydrogen) atoms. The van der Waals surface area contributed by atoms with Gasteiger partial charge < -0.3 is 23.9 Å². The predicted octanol–water partition coefficient (Wildman–Crippen LogP) is 5.20. The van der Waals surface area contributed by atoms with Gasteiger partial charge in [0.05, 0.1) is 33.6 Å². The zero-order chi connectivity index (χ0) is 28.0. The third-order valence-corrected chi connectivity index (χ3v) is 7.99. The van der Waals surface area contributed by atoms with Gasteiger partial charge in [-0.2, -0.15) is 0 Å². The van der Waals surface area contributed by atoms with E-state index < -0.39 is 7.04 Å². The number of carbonyl (C=O) groups is 1. The van der Waals surface area contributed by atoms with Gasteiger partial charge >= 0.3 is 6.09 Å². The second-order valence-corrected chi connectivity index (χ2v) is 10.2. The second kappa shape index (κ2) is 9.95. The summed E-state index contributed by atoms with van der Waals surface area (Å²) in [6.45, 7) is 5.67. The minimum atomic E-state index is -2.40. The van der Waals surface area contributed by atoms with Crippen LogP contribution in [-0.2, 0) is 9.47 Å². The van der Waals surface area contributed by atoms with Crippen LogP contribution in [0.25, 0.3) is 22.2 Å². The van der Waals surface area contributed by atoms with Crippen molar-refractivity contribution < 1.29 is 22.9 Å². The topological polar surface area (TPSA) is 94.7 Å². The van der Waals surface area contributed by atoms with Crippen LogP contribution in [0.3, 0.4) is 0 Å². The summed E-state index contributed by atoms with van der Waals surface area (Å²) in [5.41, 5.74) is 5.55. The Hall–Kier alpha value is -3.17. The molecule has 0 spiro atoms. The maximum Gasteiger partial charge on any atom is 0.414 e. The van der Waals surface area contributed by atoms with Gasteiger partial charge in [0, 0.05) is 50.3 Å². The lowest BCUT2D eigenvalue weighted by atomic mass is 9.92. The van der Waals surface area contributed by atoms with E-state index >= 15 is 0 Å². The van der Waals surface area contributed by atoms with Crippen molar-refractivity contribution in [1.82, 2.24) is 24.9 Å². The van der Waals surface area contributed by atoms with Crippen LogP contribution in [0.1, 0.15) is 72.0 Å². The monoisotopic (exact) mass is 508 g/mol. The molecule has 1 amide bonds. The molecule has 2 fully saturated rings. The van der Waals surface area contributed by atoms with Gasteiger partial charge in [0.25, 0.3) is 0 Å². The van der Waals surface area contributed by atoms with Crippen molar-refractivity contribution in [2.75, 3.05) is 26.7 Å². The van der Waals surface area contributed by atoms with E-state index in [0.717, 1.165) is 70.9 Å². The number of hydrogen-bond donors (Lipinski definition) is 1. The minimum Gasteiger partial charge on any atom is -0.449 e. The van der Waals surface area contributed by atoms with Crippen LogP contribution >= 0.6 is 0 Å². The number of ether oxygens (including phenoxy) is 2. The van der Waals surface area contributed by atoms with Crippen LogP contribution in [-0.4, -0.2) is 58.5 Å². The van der Waals surface area contributed by atoms with Crippen molar-refractivity contribution in [2.24, 2.45) is 0 Å². The molecule has 1 aliphatic carbocycles. The number of cyclic esters (lactones) is 1. The van der Waals surface area contributed by atoms with Crippen molar-refractivity contribution in [3.8, 4) is 11.1 Å². The van der Waals surface area contributed by atoms with Crippen LogP contribution in [0, 0.1) is 13.8 Å². The average molecular weight is 509 g/mol. The van der Waals surface area contributed by atoms with Gasteiger partial charge in [-0.05, 0) is 57.2 Å². The summed E-state index contributed by atoms with van der Waals surface area (Å²) in [4.78, 5) is 20.1. The molecular weight excluding hydrogens is 470 g/mol. The van der Waals surface area contributed by atoms with Gasteiger partial charge in [0.15, 0.2) is 0 Å². The predicted molar refractivity (Wildman–Crippen MR) is 139 cm³/mol. The molecular formula is C28H35N5O4. The third-order valence-electron chi connectivity index (χ3n) is 7.99. The van der Waals surface area contributed by atoms with Crippen LogP contribution in [0.15, 0.2) is 34.5 Å². The fourth-order valence-corrected chi connectivity index (χ4v) is 6.18. The summed E-state index contributed by atoms with van der Waals surface area (Å²) < 4.78 is 41.1. The number of aromatic nitrogens is 3. The molecule has 6 rings (SSSR count). The van der Waals surface area contributed by atoms with Gasteiger partial charge in [-0.25, -0.2) is 9.78 Å². The Morgan fingerprint density at radius 1 is 1.19 bits per heavy atom. The molecule has 196 valence electrons. The Labute approximate surface area is 221 Å². The average Bonchev–Trinajstić information content (AvgIpc) is 3.47. The van der Waals surface area contributed by atoms with E-state index in [0.29, 0.717) is 32.4 Å². The van der Waals surface area contributed by atoms with Crippen molar-refractivity contribution in [2.45, 2.75) is 70.6 Å². The van der Waals surface area contributed by atoms with E-state index in [4.69, 9.17) is 23.1 Å². The maximum absolute atomic E-state index is 13.2. The van der Waals surface area contributed by atoms with E-state index in [1.165, 1.54) is 0 Å². The Bertz CT molecular complexity index is 1420. The fourth-order valence-electron chi connectivity index (χ4n) is 6.18. The lowest BCUT2D eigenvalue weighted by Gasteiger charge is -2.38. The number of benzene rings is 1. The van der Waals surface area contributed by atoms with Crippen molar-refractivity contribution >= 4 is 17.1 Å². The summed E-state index contributed by atoms with van der Waals surface area (Å²) in [5.74, 6) is 1.59. The smallest absolute Gasteiger partial charge is 0.414 e. The molecule has 2 aliphatic heterocycles. The highest BCUT2D eigenvalue weighted by Crippen LogP contribution is 2.41. The summed E-state index contributed by atoms with van der Waals surface area (Å²) in [5, 5.41) is 7.44. The first-order valence-electron chi connectivity index (χ1n) is 14.7. The first-order chi connectivity index (χ1) is 19.2. The number of nitrogens with one attached hydrogen (secondary N) is 1. The molecule has 9 nitrogen and oxygen atoms in total. The number of fused-ring (bicyclic) bond motifs is 1. The van der Waals surface area contributed by atoms with Crippen molar-refractivity contribution in [3.05, 3.63) is 47.3 Å². The van der Waals surface area contributed by atoms with E-state index in [-0.39, 0.29) is 24.3 Å². The van der Waals surface area contributed by atoms with E-state index in [1.807, 2.05) is 13.8 Å². The molecule has 0 radical (unpaired) electrons. The molecule has 3 aromatic rings. The summed E-state index contributed by atoms with van der Waals surface area (Å²) >= 11 is 0. The quantitative estimate of drug-likeness (QED) is 0.506. The van der Waals surface area contributed by atoms with Crippen LogP contribution < -0.4 is 5.32 Å². The first kappa shape index (κ1) is 20.8. The van der Waals surface area contributed by atoms with E-state index in [9.17, 15) is 4.79 Å². The number of amides is 1. The molecule has 1 saturated heterocycles. The Kier molecular flexibility index (Phi) is 5.60. The number of aryl methyl sites for hydroxylation is 2.